The molecule has 17 heavy (non-hydrogen) atoms. The molecule has 0 radical (unpaired) electrons. The minimum Gasteiger partial charge on any atom is -0.381 e. The van der Waals surface area contributed by atoms with Crippen LogP contribution in [0.25, 0.3) is 0 Å². The molecule has 1 N–H and O–H groups in total. The topological polar surface area (TPSA) is 12.0 Å². The second kappa shape index (κ2) is 5.32. The van der Waals surface area contributed by atoms with E-state index in [1.807, 2.05) is 30.3 Å². The number of anilines is 1. The molecule has 0 amide bonds. The third kappa shape index (κ3) is 2.86. The Balaban J connectivity index is 2.13. The highest BCUT2D eigenvalue weighted by Gasteiger charge is 2.03. The summed E-state index contributed by atoms with van der Waals surface area (Å²) in [5.41, 5.74) is 2.64. The SMILES string of the molecule is Cc1c(F)cccc1NCc1ccccc1Br. The zero-order valence-electron chi connectivity index (χ0n) is 9.50. The van der Waals surface area contributed by atoms with Crippen LogP contribution >= 0.6 is 15.9 Å². The van der Waals surface area contributed by atoms with Gasteiger partial charge >= 0.3 is 0 Å². The van der Waals surface area contributed by atoms with Crippen LogP contribution in [-0.2, 0) is 6.54 Å². The molecular formula is C14H13BrFN. The maximum Gasteiger partial charge on any atom is 0.128 e. The summed E-state index contributed by atoms with van der Waals surface area (Å²) in [4.78, 5) is 0. The van der Waals surface area contributed by atoms with E-state index in [0.717, 1.165) is 15.7 Å². The van der Waals surface area contributed by atoms with Gasteiger partial charge in [-0.1, -0.05) is 40.2 Å². The van der Waals surface area contributed by atoms with Gasteiger partial charge in [-0.15, -0.1) is 0 Å². The molecule has 0 aliphatic heterocycles. The lowest BCUT2D eigenvalue weighted by Crippen LogP contribution is -2.02. The summed E-state index contributed by atoms with van der Waals surface area (Å²) < 4.78 is 14.4. The normalized spacial score (nSPS) is 10.3. The Kier molecular flexibility index (Phi) is 3.79. The van der Waals surface area contributed by atoms with E-state index in [4.69, 9.17) is 0 Å². The standard InChI is InChI=1S/C14H13BrFN/c1-10-13(16)7-4-8-14(10)17-9-11-5-2-3-6-12(11)15/h2-8,17H,9H2,1H3. The quantitative estimate of drug-likeness (QED) is 0.878. The first-order chi connectivity index (χ1) is 8.18. The molecule has 0 saturated heterocycles. The fourth-order valence-corrected chi connectivity index (χ4v) is 2.06. The van der Waals surface area contributed by atoms with Crippen molar-refractivity contribution in [3.8, 4) is 0 Å². The lowest BCUT2D eigenvalue weighted by atomic mass is 10.1. The van der Waals surface area contributed by atoms with E-state index in [-0.39, 0.29) is 5.82 Å². The Morgan fingerprint density at radius 3 is 2.65 bits per heavy atom. The van der Waals surface area contributed by atoms with Gasteiger partial charge in [0.1, 0.15) is 5.82 Å². The van der Waals surface area contributed by atoms with E-state index in [1.165, 1.54) is 6.07 Å². The maximum absolute atomic E-state index is 13.3. The molecule has 0 aromatic heterocycles. The van der Waals surface area contributed by atoms with Crippen molar-refractivity contribution in [2.75, 3.05) is 5.32 Å². The smallest absolute Gasteiger partial charge is 0.128 e. The fourth-order valence-electron chi connectivity index (χ4n) is 1.63. The Morgan fingerprint density at radius 2 is 1.88 bits per heavy atom. The second-order valence-electron chi connectivity index (χ2n) is 3.86. The molecular weight excluding hydrogens is 281 g/mol. The van der Waals surface area contributed by atoms with Crippen LogP contribution in [0.5, 0.6) is 0 Å². The molecule has 0 aliphatic carbocycles. The highest BCUT2D eigenvalue weighted by molar-refractivity contribution is 9.10. The van der Waals surface area contributed by atoms with Gasteiger partial charge < -0.3 is 5.32 Å². The molecule has 0 spiro atoms. The lowest BCUT2D eigenvalue weighted by molar-refractivity contribution is 0.619. The zero-order valence-corrected chi connectivity index (χ0v) is 11.1. The van der Waals surface area contributed by atoms with Crippen molar-refractivity contribution in [1.82, 2.24) is 0 Å². The van der Waals surface area contributed by atoms with Crippen LogP contribution in [0.4, 0.5) is 10.1 Å². The molecule has 0 heterocycles. The summed E-state index contributed by atoms with van der Waals surface area (Å²) >= 11 is 3.49. The number of nitrogens with one attached hydrogen (secondary N) is 1. The first kappa shape index (κ1) is 12.1. The van der Waals surface area contributed by atoms with Crippen molar-refractivity contribution in [3.63, 3.8) is 0 Å². The van der Waals surface area contributed by atoms with Crippen LogP contribution in [0.1, 0.15) is 11.1 Å². The third-order valence-corrected chi connectivity index (χ3v) is 3.47. The van der Waals surface area contributed by atoms with Gasteiger partial charge in [-0.3, -0.25) is 0 Å². The molecule has 0 saturated carbocycles. The van der Waals surface area contributed by atoms with Gasteiger partial charge in [0.25, 0.3) is 0 Å². The third-order valence-electron chi connectivity index (χ3n) is 2.69. The van der Waals surface area contributed by atoms with E-state index in [0.29, 0.717) is 12.1 Å². The second-order valence-corrected chi connectivity index (χ2v) is 4.71. The Bertz CT molecular complexity index is 525. The summed E-state index contributed by atoms with van der Waals surface area (Å²) in [5.74, 6) is -0.179. The predicted octanol–water partition coefficient (Wildman–Crippen LogP) is 4.51. The molecule has 0 atom stereocenters. The average molecular weight is 294 g/mol. The van der Waals surface area contributed by atoms with Crippen molar-refractivity contribution < 1.29 is 4.39 Å². The molecule has 0 fully saturated rings. The van der Waals surface area contributed by atoms with Crippen molar-refractivity contribution >= 4 is 21.6 Å². The molecule has 3 heteroatoms. The molecule has 88 valence electrons. The van der Waals surface area contributed by atoms with Crippen LogP contribution in [0.15, 0.2) is 46.9 Å². The molecule has 0 bridgehead atoms. The van der Waals surface area contributed by atoms with Crippen molar-refractivity contribution in [2.45, 2.75) is 13.5 Å². The van der Waals surface area contributed by atoms with Gasteiger partial charge in [-0.2, -0.15) is 0 Å². The monoisotopic (exact) mass is 293 g/mol. The summed E-state index contributed by atoms with van der Waals surface area (Å²) in [5, 5.41) is 3.24. The van der Waals surface area contributed by atoms with Crippen LogP contribution in [0.3, 0.4) is 0 Å². The first-order valence-electron chi connectivity index (χ1n) is 5.41. The predicted molar refractivity (Wildman–Crippen MR) is 72.6 cm³/mol. The minimum absolute atomic E-state index is 0.179. The highest BCUT2D eigenvalue weighted by atomic mass is 79.9. The maximum atomic E-state index is 13.3. The molecule has 2 rings (SSSR count). The van der Waals surface area contributed by atoms with Crippen molar-refractivity contribution in [3.05, 3.63) is 63.9 Å². The van der Waals surface area contributed by atoms with E-state index >= 15 is 0 Å². The molecule has 2 aromatic rings. The zero-order chi connectivity index (χ0) is 12.3. The van der Waals surface area contributed by atoms with E-state index in [9.17, 15) is 4.39 Å². The van der Waals surface area contributed by atoms with E-state index in [1.54, 1.807) is 13.0 Å². The largest absolute Gasteiger partial charge is 0.381 e. The Labute approximate surface area is 109 Å². The number of halogens is 2. The number of benzene rings is 2. The summed E-state index contributed by atoms with van der Waals surface area (Å²) in [6.45, 7) is 2.45. The van der Waals surface area contributed by atoms with Gasteiger partial charge in [0.15, 0.2) is 0 Å². The van der Waals surface area contributed by atoms with E-state index < -0.39 is 0 Å². The fraction of sp³-hybridized carbons (Fsp3) is 0.143. The van der Waals surface area contributed by atoms with Gasteiger partial charge in [-0.25, -0.2) is 4.39 Å². The Morgan fingerprint density at radius 1 is 1.12 bits per heavy atom. The summed E-state index contributed by atoms with van der Waals surface area (Å²) in [6.07, 6.45) is 0. The summed E-state index contributed by atoms with van der Waals surface area (Å²) in [6, 6.07) is 13.1. The van der Waals surface area contributed by atoms with Crippen molar-refractivity contribution in [1.29, 1.82) is 0 Å². The molecule has 0 unspecified atom stereocenters. The van der Waals surface area contributed by atoms with Gasteiger partial charge in [0.05, 0.1) is 0 Å². The first-order valence-corrected chi connectivity index (χ1v) is 6.20. The van der Waals surface area contributed by atoms with E-state index in [2.05, 4.69) is 21.2 Å². The van der Waals surface area contributed by atoms with Crippen LogP contribution in [-0.4, -0.2) is 0 Å². The molecule has 1 nitrogen and oxygen atoms in total. The van der Waals surface area contributed by atoms with Crippen LogP contribution in [0, 0.1) is 12.7 Å². The van der Waals surface area contributed by atoms with Gasteiger partial charge in [-0.05, 0) is 30.7 Å². The lowest BCUT2D eigenvalue weighted by Gasteiger charge is -2.11. The summed E-state index contributed by atoms with van der Waals surface area (Å²) in [7, 11) is 0. The van der Waals surface area contributed by atoms with Crippen LogP contribution in [0.2, 0.25) is 0 Å². The average Bonchev–Trinajstić information content (AvgIpc) is 2.33. The van der Waals surface area contributed by atoms with Crippen molar-refractivity contribution in [2.24, 2.45) is 0 Å². The number of hydrogen-bond acceptors (Lipinski definition) is 1. The van der Waals surface area contributed by atoms with Crippen LogP contribution < -0.4 is 5.32 Å². The number of rotatable bonds is 3. The highest BCUT2D eigenvalue weighted by Crippen LogP contribution is 2.21. The molecule has 0 aliphatic rings. The Hall–Kier alpha value is -1.35. The number of hydrogen-bond donors (Lipinski definition) is 1. The van der Waals surface area contributed by atoms with Gasteiger partial charge in [0.2, 0.25) is 0 Å². The van der Waals surface area contributed by atoms with Gasteiger partial charge in [0, 0.05) is 22.3 Å². The molecule has 2 aromatic carbocycles. The minimum atomic E-state index is -0.179.